The van der Waals surface area contributed by atoms with Crippen molar-refractivity contribution in [3.63, 3.8) is 0 Å². The van der Waals surface area contributed by atoms with Gasteiger partial charge in [-0.05, 0) is 68.4 Å². The molecule has 1 N–H and O–H groups in total. The molecule has 0 bridgehead atoms. The standard InChI is InChI=1S/C31H40N4O4/c1-2-3-8-24-12-14-25(15-13-24)29(37)33-18-16-31(17-19-33)30(38)34(23-35(31)26-9-5-4-6-10-26)22-28(36)32-21-27-11-7-20-39-27/h4-6,9-10,12-15,27H,2-3,7-8,11,16-23H2,1H3,(H,32,36). The van der Waals surface area contributed by atoms with E-state index in [2.05, 4.69) is 17.1 Å². The van der Waals surface area contributed by atoms with E-state index in [0.29, 0.717) is 44.7 Å². The Morgan fingerprint density at radius 2 is 1.79 bits per heavy atom. The van der Waals surface area contributed by atoms with Crippen molar-refractivity contribution >= 4 is 23.4 Å². The Morgan fingerprint density at radius 3 is 2.46 bits per heavy atom. The number of unbranched alkanes of at least 4 members (excludes halogenated alkanes) is 1. The van der Waals surface area contributed by atoms with Crippen LogP contribution in [-0.4, -0.2) is 78.6 Å². The van der Waals surface area contributed by atoms with Gasteiger partial charge in [-0.1, -0.05) is 43.7 Å². The Bertz CT molecular complexity index is 1140. The lowest BCUT2D eigenvalue weighted by atomic mass is 9.85. The zero-order valence-electron chi connectivity index (χ0n) is 22.9. The Labute approximate surface area is 231 Å². The van der Waals surface area contributed by atoms with Crippen molar-refractivity contribution in [3.05, 3.63) is 65.7 Å². The normalized spacial score (nSPS) is 20.6. The predicted octanol–water partition coefficient (Wildman–Crippen LogP) is 3.61. The molecular weight excluding hydrogens is 492 g/mol. The van der Waals surface area contributed by atoms with E-state index in [4.69, 9.17) is 4.74 Å². The molecule has 208 valence electrons. The molecule has 1 unspecified atom stereocenters. The summed E-state index contributed by atoms with van der Waals surface area (Å²) in [7, 11) is 0. The fourth-order valence-electron chi connectivity index (χ4n) is 6.04. The molecule has 2 aromatic rings. The second kappa shape index (κ2) is 12.2. The monoisotopic (exact) mass is 532 g/mol. The van der Waals surface area contributed by atoms with Crippen LogP contribution in [0.5, 0.6) is 0 Å². The molecule has 3 aliphatic rings. The minimum Gasteiger partial charge on any atom is -0.376 e. The number of anilines is 1. The smallest absolute Gasteiger partial charge is 0.253 e. The highest BCUT2D eigenvalue weighted by Crippen LogP contribution is 2.39. The van der Waals surface area contributed by atoms with Crippen molar-refractivity contribution in [2.45, 2.75) is 63.5 Å². The first-order chi connectivity index (χ1) is 19.0. The van der Waals surface area contributed by atoms with Crippen LogP contribution in [0, 0.1) is 0 Å². The summed E-state index contributed by atoms with van der Waals surface area (Å²) in [6, 6.07) is 17.8. The van der Waals surface area contributed by atoms with Gasteiger partial charge in [0.15, 0.2) is 0 Å². The summed E-state index contributed by atoms with van der Waals surface area (Å²) in [5.74, 6) is -0.195. The first-order valence-corrected chi connectivity index (χ1v) is 14.4. The van der Waals surface area contributed by atoms with Crippen LogP contribution in [0.2, 0.25) is 0 Å². The average molecular weight is 533 g/mol. The molecule has 3 saturated heterocycles. The lowest BCUT2D eigenvalue weighted by Crippen LogP contribution is -2.57. The van der Waals surface area contributed by atoms with E-state index in [0.717, 1.165) is 44.4 Å². The van der Waals surface area contributed by atoms with Gasteiger partial charge in [0.1, 0.15) is 12.1 Å². The number of nitrogens with one attached hydrogen (secondary N) is 1. The van der Waals surface area contributed by atoms with Crippen LogP contribution in [0.4, 0.5) is 5.69 Å². The summed E-state index contributed by atoms with van der Waals surface area (Å²) in [4.78, 5) is 45.6. The number of benzene rings is 2. The van der Waals surface area contributed by atoms with Crippen LogP contribution in [0.1, 0.15) is 61.4 Å². The maximum Gasteiger partial charge on any atom is 0.253 e. The van der Waals surface area contributed by atoms with Crippen molar-refractivity contribution < 1.29 is 19.1 Å². The molecule has 5 rings (SSSR count). The molecule has 0 aliphatic carbocycles. The van der Waals surface area contributed by atoms with Crippen LogP contribution in [0.3, 0.4) is 0 Å². The Morgan fingerprint density at radius 1 is 1.05 bits per heavy atom. The maximum atomic E-state index is 13.9. The van der Waals surface area contributed by atoms with Crippen molar-refractivity contribution in [2.24, 2.45) is 0 Å². The summed E-state index contributed by atoms with van der Waals surface area (Å²) in [5, 5.41) is 2.94. The van der Waals surface area contributed by atoms with E-state index < -0.39 is 5.54 Å². The topological polar surface area (TPSA) is 82.2 Å². The number of hydrogen-bond acceptors (Lipinski definition) is 5. The van der Waals surface area contributed by atoms with Gasteiger partial charge in [-0.15, -0.1) is 0 Å². The van der Waals surface area contributed by atoms with E-state index in [1.54, 1.807) is 4.90 Å². The molecule has 8 nitrogen and oxygen atoms in total. The molecule has 0 saturated carbocycles. The van der Waals surface area contributed by atoms with Crippen molar-refractivity contribution in [1.29, 1.82) is 0 Å². The van der Waals surface area contributed by atoms with Crippen LogP contribution in [0.25, 0.3) is 0 Å². The lowest BCUT2D eigenvalue weighted by molar-refractivity contribution is -0.137. The number of hydrogen-bond donors (Lipinski definition) is 1. The maximum absolute atomic E-state index is 13.9. The van der Waals surface area contributed by atoms with Gasteiger partial charge in [-0.2, -0.15) is 0 Å². The third-order valence-electron chi connectivity index (χ3n) is 8.37. The van der Waals surface area contributed by atoms with Crippen LogP contribution in [0.15, 0.2) is 54.6 Å². The first kappa shape index (κ1) is 27.2. The van der Waals surface area contributed by atoms with Gasteiger partial charge >= 0.3 is 0 Å². The molecule has 0 aromatic heterocycles. The number of carbonyl (C=O) groups is 3. The Hall–Kier alpha value is -3.39. The molecule has 3 aliphatic heterocycles. The molecule has 39 heavy (non-hydrogen) atoms. The molecule has 3 heterocycles. The lowest BCUT2D eigenvalue weighted by Gasteiger charge is -2.43. The number of rotatable bonds is 9. The van der Waals surface area contributed by atoms with Gasteiger partial charge in [0, 0.05) is 37.5 Å². The number of para-hydroxylation sites is 1. The molecule has 3 fully saturated rings. The van der Waals surface area contributed by atoms with Gasteiger partial charge in [0.05, 0.1) is 12.8 Å². The highest BCUT2D eigenvalue weighted by molar-refractivity contribution is 5.97. The SMILES string of the molecule is CCCCc1ccc(C(=O)N2CCC3(CC2)C(=O)N(CC(=O)NCC2CCCO2)CN3c2ccccc2)cc1. The van der Waals surface area contributed by atoms with Crippen LogP contribution >= 0.6 is 0 Å². The molecule has 1 atom stereocenters. The Balaban J connectivity index is 1.26. The van der Waals surface area contributed by atoms with Crippen LogP contribution < -0.4 is 10.2 Å². The zero-order valence-corrected chi connectivity index (χ0v) is 22.9. The minimum absolute atomic E-state index is 0.00830. The zero-order chi connectivity index (χ0) is 27.2. The van der Waals surface area contributed by atoms with E-state index in [9.17, 15) is 14.4 Å². The van der Waals surface area contributed by atoms with Crippen LogP contribution in [-0.2, 0) is 20.7 Å². The summed E-state index contributed by atoms with van der Waals surface area (Å²) < 4.78 is 5.61. The largest absolute Gasteiger partial charge is 0.376 e. The molecule has 0 radical (unpaired) electrons. The first-order valence-electron chi connectivity index (χ1n) is 14.4. The number of likely N-dealkylation sites (tertiary alicyclic amines) is 1. The number of carbonyl (C=O) groups excluding carboxylic acids is 3. The van der Waals surface area contributed by atoms with Crippen molar-refractivity contribution in [3.8, 4) is 0 Å². The average Bonchev–Trinajstić information content (AvgIpc) is 3.59. The van der Waals surface area contributed by atoms with E-state index >= 15 is 0 Å². The van der Waals surface area contributed by atoms with Gasteiger partial charge in [0.25, 0.3) is 11.8 Å². The molecule has 3 amide bonds. The highest BCUT2D eigenvalue weighted by Gasteiger charge is 2.54. The summed E-state index contributed by atoms with van der Waals surface area (Å²) >= 11 is 0. The highest BCUT2D eigenvalue weighted by atomic mass is 16.5. The third-order valence-corrected chi connectivity index (χ3v) is 8.37. The fourth-order valence-corrected chi connectivity index (χ4v) is 6.04. The second-order valence-corrected chi connectivity index (χ2v) is 11.0. The van der Waals surface area contributed by atoms with E-state index in [-0.39, 0.29) is 30.4 Å². The number of aryl methyl sites for hydroxylation is 1. The van der Waals surface area contributed by atoms with Gasteiger partial charge in [0.2, 0.25) is 5.91 Å². The summed E-state index contributed by atoms with van der Waals surface area (Å²) in [5.41, 5.74) is 2.13. The minimum atomic E-state index is -0.767. The molecule has 1 spiro atoms. The predicted molar refractivity (Wildman–Crippen MR) is 150 cm³/mol. The van der Waals surface area contributed by atoms with Crippen molar-refractivity contribution in [1.82, 2.24) is 15.1 Å². The number of piperidine rings is 1. The second-order valence-electron chi connectivity index (χ2n) is 11.0. The van der Waals surface area contributed by atoms with Gasteiger partial charge < -0.3 is 24.8 Å². The van der Waals surface area contributed by atoms with Crippen molar-refractivity contribution in [2.75, 3.05) is 44.4 Å². The Kier molecular flexibility index (Phi) is 8.50. The van der Waals surface area contributed by atoms with E-state index in [1.807, 2.05) is 59.5 Å². The number of ether oxygens (including phenoxy) is 1. The summed E-state index contributed by atoms with van der Waals surface area (Å²) in [6.07, 6.45) is 6.38. The number of nitrogens with zero attached hydrogens (tertiary/aromatic N) is 3. The number of amides is 3. The third kappa shape index (κ3) is 5.96. The van der Waals surface area contributed by atoms with Gasteiger partial charge in [-0.3, -0.25) is 14.4 Å². The van der Waals surface area contributed by atoms with E-state index in [1.165, 1.54) is 5.56 Å². The molecule has 2 aromatic carbocycles. The fraction of sp³-hybridized carbons (Fsp3) is 0.516. The van der Waals surface area contributed by atoms with Gasteiger partial charge in [-0.25, -0.2) is 0 Å². The molecule has 8 heteroatoms. The summed E-state index contributed by atoms with van der Waals surface area (Å²) in [6.45, 7) is 4.74. The quantitative estimate of drug-likeness (QED) is 0.534. The molecular formula is C31H40N4O4.